The summed E-state index contributed by atoms with van der Waals surface area (Å²) in [6, 6.07) is 0. The smallest absolute Gasteiger partial charge is 0.187 e. The van der Waals surface area contributed by atoms with Crippen molar-refractivity contribution in [3.8, 4) is 0 Å². The summed E-state index contributed by atoms with van der Waals surface area (Å²) in [5.74, 6) is -1.20. The number of hydrogen-bond donors (Lipinski definition) is 13. The highest BCUT2D eigenvalue weighted by Crippen LogP contribution is 2.70. The minimum Gasteiger partial charge on any atom is -0.394 e. The topological polar surface area (TPSA) is 346 Å². The summed E-state index contributed by atoms with van der Waals surface area (Å²) < 4.78 is 55.5. The summed E-state index contributed by atoms with van der Waals surface area (Å²) in [7, 11) is 0. The molecule has 22 nitrogen and oxygen atoms in total. The Morgan fingerprint density at radius 2 is 1.36 bits per heavy atom. The number of allylic oxidation sites excluding steroid dienone is 1. The molecule has 0 aromatic rings. The molecule has 0 bridgehead atoms. The molecule has 414 valence electrons. The monoisotopic (exact) mass is 1030 g/mol. The van der Waals surface area contributed by atoms with Gasteiger partial charge >= 0.3 is 0 Å². The zero-order chi connectivity index (χ0) is 52.1. The Morgan fingerprint density at radius 1 is 0.708 bits per heavy atom. The van der Waals surface area contributed by atoms with E-state index in [2.05, 4.69) is 26.8 Å². The first-order chi connectivity index (χ1) is 33.9. The van der Waals surface area contributed by atoms with Crippen LogP contribution in [0, 0.1) is 46.3 Å². The fourth-order valence-corrected chi connectivity index (χ4v) is 14.7. The average molecular weight is 1040 g/mol. The fraction of sp³-hybridized carbons (Fsp3) is 0.960. The van der Waals surface area contributed by atoms with E-state index in [-0.39, 0.29) is 60.1 Å². The number of ether oxygens (including phenoxy) is 9. The molecule has 3 saturated carbocycles. The predicted octanol–water partition coefficient (Wildman–Crippen LogP) is -2.37. The van der Waals surface area contributed by atoms with Crippen LogP contribution in [0.1, 0.15) is 92.9 Å². The zero-order valence-corrected chi connectivity index (χ0v) is 42.0. The summed E-state index contributed by atoms with van der Waals surface area (Å²) >= 11 is 0. The molecule has 8 fully saturated rings. The van der Waals surface area contributed by atoms with E-state index < -0.39 is 153 Å². The molecule has 5 heterocycles. The first-order valence-electron chi connectivity index (χ1n) is 26.3. The van der Waals surface area contributed by atoms with Crippen molar-refractivity contribution in [1.29, 1.82) is 0 Å². The first kappa shape index (κ1) is 55.6. The van der Waals surface area contributed by atoms with Crippen LogP contribution in [0.4, 0.5) is 0 Å². The van der Waals surface area contributed by atoms with E-state index in [0.29, 0.717) is 19.3 Å². The number of hydrogen-bond acceptors (Lipinski definition) is 22. The first-order valence-corrected chi connectivity index (χ1v) is 26.3. The van der Waals surface area contributed by atoms with Crippen LogP contribution in [0.5, 0.6) is 0 Å². The molecule has 22 heteroatoms. The van der Waals surface area contributed by atoms with Crippen molar-refractivity contribution in [3.05, 3.63) is 11.6 Å². The molecule has 31 atom stereocenters. The maximum absolute atomic E-state index is 12.2. The molecular formula is C50H82O22. The highest BCUT2D eigenvalue weighted by molar-refractivity contribution is 5.29. The molecule has 9 rings (SSSR count). The van der Waals surface area contributed by atoms with Gasteiger partial charge in [-0.1, -0.05) is 39.3 Å². The molecule has 0 unspecified atom stereocenters. The molecule has 5 aliphatic heterocycles. The van der Waals surface area contributed by atoms with Gasteiger partial charge in [0.1, 0.15) is 79.4 Å². The third-order valence-corrected chi connectivity index (χ3v) is 19.1. The number of aliphatic hydroxyl groups excluding tert-OH is 12. The van der Waals surface area contributed by atoms with Gasteiger partial charge in [-0.05, 0) is 87.4 Å². The standard InChI is InChI=1S/C50H82O22/c1-19(17-64-44-40(61)38(59)36(57)30(16-51)68-44)9-12-50(63)20(2)32-29(72-50)15-27-25-8-7-23-13-24(52)14-31(49(23,6)26(25)10-11-48(27,32)5)69-47-43(71-46-41(62)37(58)33(54)21(3)66-46)42(34(55)22(4)67-47)70-45-39(60)35(56)28(53)18-65-45/h7,19-22,24-47,51-63H,8-18H2,1-6H3/t19-,20-,21-,22+,24+,25+,26-,27-,28+,29-,30+,31+,32-,33-,34-,35-,36+,37+,38-,39+,40+,41+,42-,43+,44+,45-,46-,47-,48-,49-,50+/m0/s1. The minimum atomic E-state index is -1.77. The Balaban J connectivity index is 0.913. The lowest BCUT2D eigenvalue weighted by Gasteiger charge is -2.60. The van der Waals surface area contributed by atoms with Crippen molar-refractivity contribution in [1.82, 2.24) is 0 Å². The largest absolute Gasteiger partial charge is 0.394 e. The SMILES string of the molecule is C[C@@H](CC[C@@]1(O)O[C@H]2C[C@H]3[C@@H]4CC=C5C[C@@H](O)C[C@@H](O[C@@H]6O[C@H](C)[C@H](O)[C@H](O[C@@H]7OC[C@@H](O)[C@H](O)[C@H]7O)[C@H]6O[C@@H]6O[C@@H](C)[C@H](O)[C@@H](O)[C@H]6O)[C@]5(C)[C@H]4CC[C@]3(C)[C@H]2[C@@H]1C)CO[C@@H]1O[C@H](CO)[C@@H](O)[C@H](O)[C@H]1O. The number of aliphatic hydroxyl groups is 13. The molecule has 0 spiro atoms. The maximum Gasteiger partial charge on any atom is 0.187 e. The summed E-state index contributed by atoms with van der Waals surface area (Å²) in [6.45, 7) is 10.7. The lowest BCUT2D eigenvalue weighted by atomic mass is 9.46. The number of fused-ring (bicyclic) bond motifs is 7. The second-order valence-electron chi connectivity index (χ2n) is 23.4. The van der Waals surface area contributed by atoms with Gasteiger partial charge in [-0.15, -0.1) is 0 Å². The van der Waals surface area contributed by atoms with Crippen LogP contribution in [0.15, 0.2) is 11.6 Å². The lowest BCUT2D eigenvalue weighted by Crippen LogP contribution is -2.66. The van der Waals surface area contributed by atoms with Gasteiger partial charge < -0.3 is 109 Å². The van der Waals surface area contributed by atoms with Crippen molar-refractivity contribution in [2.24, 2.45) is 46.3 Å². The van der Waals surface area contributed by atoms with Gasteiger partial charge in [-0.3, -0.25) is 0 Å². The van der Waals surface area contributed by atoms with Crippen molar-refractivity contribution < 1.29 is 109 Å². The van der Waals surface area contributed by atoms with Crippen LogP contribution in [0.25, 0.3) is 0 Å². The van der Waals surface area contributed by atoms with Gasteiger partial charge in [0.05, 0.1) is 50.3 Å². The summed E-state index contributed by atoms with van der Waals surface area (Å²) in [5.41, 5.74) is 0.215. The molecule has 13 N–H and O–H groups in total. The Labute approximate surface area is 419 Å². The van der Waals surface area contributed by atoms with E-state index in [0.717, 1.165) is 31.3 Å². The van der Waals surface area contributed by atoms with E-state index in [1.807, 2.05) is 6.92 Å². The summed E-state index contributed by atoms with van der Waals surface area (Å²) in [6.07, 6.45) is -22.3. The maximum atomic E-state index is 12.2. The van der Waals surface area contributed by atoms with Crippen LogP contribution >= 0.6 is 0 Å². The molecule has 5 saturated heterocycles. The lowest BCUT2D eigenvalue weighted by molar-refractivity contribution is -0.391. The fourth-order valence-electron chi connectivity index (χ4n) is 14.7. The van der Waals surface area contributed by atoms with Crippen molar-refractivity contribution >= 4 is 0 Å². The predicted molar refractivity (Wildman–Crippen MR) is 244 cm³/mol. The van der Waals surface area contributed by atoms with Crippen LogP contribution in [-0.4, -0.2) is 227 Å². The molecule has 72 heavy (non-hydrogen) atoms. The van der Waals surface area contributed by atoms with Crippen LogP contribution in [-0.2, 0) is 42.6 Å². The molecule has 4 aliphatic carbocycles. The highest BCUT2D eigenvalue weighted by Gasteiger charge is 2.69. The van der Waals surface area contributed by atoms with Gasteiger partial charge in [0.2, 0.25) is 0 Å². The molecule has 9 aliphatic rings. The normalized spacial score (nSPS) is 56.1. The van der Waals surface area contributed by atoms with E-state index in [1.165, 1.54) is 6.92 Å². The Morgan fingerprint density at radius 3 is 2.08 bits per heavy atom. The van der Waals surface area contributed by atoms with E-state index in [1.54, 1.807) is 6.92 Å². The van der Waals surface area contributed by atoms with Gasteiger partial charge in [0.25, 0.3) is 0 Å². The van der Waals surface area contributed by atoms with Gasteiger partial charge in [-0.2, -0.15) is 0 Å². The van der Waals surface area contributed by atoms with E-state index in [4.69, 9.17) is 42.6 Å². The van der Waals surface area contributed by atoms with Crippen LogP contribution in [0.2, 0.25) is 0 Å². The third-order valence-electron chi connectivity index (χ3n) is 19.1. The highest BCUT2D eigenvalue weighted by atomic mass is 16.8. The Hall–Kier alpha value is -1.14. The summed E-state index contributed by atoms with van der Waals surface area (Å²) in [5, 5.41) is 140. The average Bonchev–Trinajstić information content (AvgIpc) is 3.78. The number of rotatable bonds is 13. The van der Waals surface area contributed by atoms with E-state index in [9.17, 15) is 66.4 Å². The minimum absolute atomic E-state index is 0.0571. The second kappa shape index (κ2) is 21.2. The molecule has 0 radical (unpaired) electrons. The molecular weight excluding hydrogens is 953 g/mol. The van der Waals surface area contributed by atoms with E-state index >= 15 is 0 Å². The molecule has 0 amide bonds. The Kier molecular flexibility index (Phi) is 16.4. The Bertz CT molecular complexity index is 1880. The van der Waals surface area contributed by atoms with Gasteiger partial charge in [0.15, 0.2) is 30.9 Å². The molecule has 0 aromatic carbocycles. The molecule has 0 aromatic heterocycles. The third kappa shape index (κ3) is 9.69. The van der Waals surface area contributed by atoms with Crippen molar-refractivity contribution in [2.45, 2.75) is 234 Å². The summed E-state index contributed by atoms with van der Waals surface area (Å²) in [4.78, 5) is 0. The van der Waals surface area contributed by atoms with Gasteiger partial charge in [0, 0.05) is 24.2 Å². The van der Waals surface area contributed by atoms with Gasteiger partial charge in [-0.25, -0.2) is 0 Å². The second-order valence-corrected chi connectivity index (χ2v) is 23.4. The van der Waals surface area contributed by atoms with Crippen molar-refractivity contribution in [2.75, 3.05) is 19.8 Å². The van der Waals surface area contributed by atoms with Crippen LogP contribution in [0.3, 0.4) is 0 Å². The zero-order valence-electron chi connectivity index (χ0n) is 42.0. The quantitative estimate of drug-likeness (QED) is 0.0858. The van der Waals surface area contributed by atoms with Crippen molar-refractivity contribution in [3.63, 3.8) is 0 Å². The van der Waals surface area contributed by atoms with Crippen LogP contribution < -0.4 is 0 Å².